The van der Waals surface area contributed by atoms with Gasteiger partial charge in [0.2, 0.25) is 0 Å². The van der Waals surface area contributed by atoms with E-state index in [2.05, 4.69) is 60.1 Å². The first-order valence-corrected chi connectivity index (χ1v) is 7.80. The largest absolute Gasteiger partial charge is 0.365 e. The summed E-state index contributed by atoms with van der Waals surface area (Å²) in [6.07, 6.45) is 3.11. The van der Waals surface area contributed by atoms with Gasteiger partial charge in [0.05, 0.1) is 17.6 Å². The lowest BCUT2D eigenvalue weighted by Gasteiger charge is -2.39. The lowest BCUT2D eigenvalue weighted by atomic mass is 10.1. The maximum Gasteiger partial charge on any atom is 0.0574 e. The Labute approximate surface area is 123 Å². The zero-order valence-corrected chi connectivity index (χ0v) is 13.3. The second-order valence-corrected chi connectivity index (χ2v) is 5.76. The van der Waals surface area contributed by atoms with Crippen LogP contribution >= 0.6 is 0 Å². The molecule has 2 unspecified atom stereocenters. The van der Waals surface area contributed by atoms with Gasteiger partial charge in [0.25, 0.3) is 0 Å². The van der Waals surface area contributed by atoms with Gasteiger partial charge in [0.15, 0.2) is 0 Å². The molecule has 4 heteroatoms. The van der Waals surface area contributed by atoms with Crippen molar-refractivity contribution in [3.05, 3.63) is 24.0 Å². The van der Waals surface area contributed by atoms with Crippen molar-refractivity contribution >= 4 is 5.69 Å². The number of likely N-dealkylation sites (N-methyl/N-ethyl adjacent to an activating group) is 1. The van der Waals surface area contributed by atoms with Gasteiger partial charge < -0.3 is 15.1 Å². The van der Waals surface area contributed by atoms with Crippen LogP contribution in [-0.2, 0) is 0 Å². The van der Waals surface area contributed by atoms with Crippen LogP contribution in [0.2, 0.25) is 0 Å². The Balaban J connectivity index is 2.07. The molecule has 0 saturated carbocycles. The van der Waals surface area contributed by atoms with Crippen molar-refractivity contribution in [1.29, 1.82) is 0 Å². The summed E-state index contributed by atoms with van der Waals surface area (Å²) >= 11 is 0. The fourth-order valence-corrected chi connectivity index (χ4v) is 3.00. The summed E-state index contributed by atoms with van der Waals surface area (Å²) in [6.45, 7) is 10.9. The number of hydrogen-bond donors (Lipinski definition) is 1. The molecule has 20 heavy (non-hydrogen) atoms. The third kappa shape index (κ3) is 3.49. The average Bonchev–Trinajstić information content (AvgIpc) is 2.45. The third-order valence-corrected chi connectivity index (χ3v) is 4.15. The molecule has 1 aliphatic heterocycles. The molecule has 1 fully saturated rings. The molecule has 112 valence electrons. The lowest BCUT2D eigenvalue weighted by Crippen LogP contribution is -2.50. The van der Waals surface area contributed by atoms with Crippen LogP contribution in [0.3, 0.4) is 0 Å². The fourth-order valence-electron chi connectivity index (χ4n) is 3.00. The molecule has 1 N–H and O–H groups in total. The number of pyridine rings is 1. The van der Waals surface area contributed by atoms with Gasteiger partial charge in [0, 0.05) is 31.7 Å². The van der Waals surface area contributed by atoms with Crippen LogP contribution in [-0.4, -0.2) is 49.2 Å². The van der Waals surface area contributed by atoms with Crippen molar-refractivity contribution in [2.24, 2.45) is 0 Å². The van der Waals surface area contributed by atoms with Crippen LogP contribution in [0.4, 0.5) is 5.69 Å². The summed E-state index contributed by atoms with van der Waals surface area (Å²) in [5.41, 5.74) is 2.40. The highest BCUT2D eigenvalue weighted by Gasteiger charge is 2.22. The Morgan fingerprint density at radius 2 is 2.15 bits per heavy atom. The predicted molar refractivity (Wildman–Crippen MR) is 85.3 cm³/mol. The second-order valence-electron chi connectivity index (χ2n) is 5.76. The molecule has 2 heterocycles. The number of piperazine rings is 1. The topological polar surface area (TPSA) is 31.4 Å². The molecule has 0 radical (unpaired) electrons. The molecule has 0 aliphatic carbocycles. The molecule has 1 aromatic rings. The first-order chi connectivity index (χ1) is 9.65. The second kappa shape index (κ2) is 7.04. The average molecular weight is 276 g/mol. The van der Waals surface area contributed by atoms with E-state index >= 15 is 0 Å². The van der Waals surface area contributed by atoms with Gasteiger partial charge in [-0.3, -0.25) is 4.98 Å². The minimum atomic E-state index is 0.374. The number of rotatable bonds is 5. The van der Waals surface area contributed by atoms with Gasteiger partial charge in [-0.05, 0) is 39.1 Å². The summed E-state index contributed by atoms with van der Waals surface area (Å²) in [5.74, 6) is 0. The van der Waals surface area contributed by atoms with Gasteiger partial charge in [0.1, 0.15) is 0 Å². The first-order valence-electron chi connectivity index (χ1n) is 7.80. The Morgan fingerprint density at radius 1 is 1.35 bits per heavy atom. The minimum absolute atomic E-state index is 0.374. The third-order valence-electron chi connectivity index (χ3n) is 4.15. The molecule has 2 atom stereocenters. The summed E-state index contributed by atoms with van der Waals surface area (Å²) < 4.78 is 0. The highest BCUT2D eigenvalue weighted by molar-refractivity contribution is 5.46. The van der Waals surface area contributed by atoms with Crippen LogP contribution in [0.5, 0.6) is 0 Å². The van der Waals surface area contributed by atoms with Crippen LogP contribution in [0.1, 0.15) is 38.9 Å². The van der Waals surface area contributed by atoms with Crippen molar-refractivity contribution in [2.45, 2.75) is 39.3 Å². The van der Waals surface area contributed by atoms with Crippen LogP contribution in [0, 0.1) is 0 Å². The van der Waals surface area contributed by atoms with Gasteiger partial charge in [-0.2, -0.15) is 0 Å². The predicted octanol–water partition coefficient (Wildman–Crippen LogP) is 2.28. The van der Waals surface area contributed by atoms with E-state index in [1.165, 1.54) is 5.69 Å². The van der Waals surface area contributed by atoms with E-state index in [4.69, 9.17) is 0 Å². The highest BCUT2D eigenvalue weighted by Crippen LogP contribution is 2.22. The van der Waals surface area contributed by atoms with Gasteiger partial charge >= 0.3 is 0 Å². The van der Waals surface area contributed by atoms with E-state index in [1.807, 2.05) is 6.20 Å². The quantitative estimate of drug-likeness (QED) is 0.894. The van der Waals surface area contributed by atoms with Crippen molar-refractivity contribution < 1.29 is 0 Å². The Hall–Kier alpha value is -1.13. The van der Waals surface area contributed by atoms with Crippen molar-refractivity contribution in [2.75, 3.05) is 38.1 Å². The van der Waals surface area contributed by atoms with Crippen molar-refractivity contribution in [1.82, 2.24) is 15.2 Å². The number of anilines is 1. The van der Waals surface area contributed by atoms with Gasteiger partial charge in [-0.15, -0.1) is 0 Å². The maximum absolute atomic E-state index is 4.68. The molecule has 0 spiro atoms. The SMILES string of the molecule is CCNC(CC)c1ccc(N2CCN(C)CC2C)cn1. The van der Waals surface area contributed by atoms with Gasteiger partial charge in [-0.25, -0.2) is 0 Å². The normalized spacial score (nSPS) is 22.0. The zero-order valence-electron chi connectivity index (χ0n) is 13.3. The Kier molecular flexibility index (Phi) is 5.38. The number of hydrogen-bond acceptors (Lipinski definition) is 4. The van der Waals surface area contributed by atoms with Crippen LogP contribution in [0.25, 0.3) is 0 Å². The molecule has 1 saturated heterocycles. The number of nitrogens with one attached hydrogen (secondary N) is 1. The first kappa shape index (κ1) is 15.3. The van der Waals surface area contributed by atoms with E-state index in [1.54, 1.807) is 0 Å². The molecule has 2 rings (SSSR count). The van der Waals surface area contributed by atoms with Gasteiger partial charge in [-0.1, -0.05) is 13.8 Å². The fraction of sp³-hybridized carbons (Fsp3) is 0.688. The molecular weight excluding hydrogens is 248 g/mol. The molecule has 4 nitrogen and oxygen atoms in total. The van der Waals surface area contributed by atoms with E-state index < -0.39 is 0 Å². The molecule has 1 aliphatic rings. The summed E-state index contributed by atoms with van der Waals surface area (Å²) in [6, 6.07) is 5.33. The highest BCUT2D eigenvalue weighted by atomic mass is 15.3. The smallest absolute Gasteiger partial charge is 0.0574 e. The Morgan fingerprint density at radius 3 is 2.70 bits per heavy atom. The van der Waals surface area contributed by atoms with Crippen LogP contribution < -0.4 is 10.2 Å². The molecule has 1 aromatic heterocycles. The summed E-state index contributed by atoms with van der Waals surface area (Å²) in [7, 11) is 2.19. The standard InChI is InChI=1S/C16H28N4/c1-5-15(17-6-2)16-8-7-14(11-18-16)20-10-9-19(4)12-13(20)3/h7-8,11,13,15,17H,5-6,9-10,12H2,1-4H3. The molecule has 0 bridgehead atoms. The molecule has 0 amide bonds. The minimum Gasteiger partial charge on any atom is -0.365 e. The number of nitrogens with zero attached hydrogens (tertiary/aromatic N) is 3. The maximum atomic E-state index is 4.68. The van der Waals surface area contributed by atoms with Crippen molar-refractivity contribution in [3.63, 3.8) is 0 Å². The zero-order chi connectivity index (χ0) is 14.5. The number of aromatic nitrogens is 1. The van der Waals surface area contributed by atoms with Crippen LogP contribution in [0.15, 0.2) is 18.3 Å². The Bertz CT molecular complexity index is 403. The van der Waals surface area contributed by atoms with E-state index in [0.29, 0.717) is 12.1 Å². The van der Waals surface area contributed by atoms with E-state index in [9.17, 15) is 0 Å². The monoisotopic (exact) mass is 276 g/mol. The van der Waals surface area contributed by atoms with E-state index in [-0.39, 0.29) is 0 Å². The van der Waals surface area contributed by atoms with E-state index in [0.717, 1.165) is 38.3 Å². The van der Waals surface area contributed by atoms with Crippen molar-refractivity contribution in [3.8, 4) is 0 Å². The summed E-state index contributed by atoms with van der Waals surface area (Å²) in [4.78, 5) is 9.53. The molecule has 0 aromatic carbocycles. The summed E-state index contributed by atoms with van der Waals surface area (Å²) in [5, 5.41) is 3.48. The molecular formula is C16H28N4. The lowest BCUT2D eigenvalue weighted by molar-refractivity contribution is 0.275.